The van der Waals surface area contributed by atoms with Crippen molar-refractivity contribution in [3.63, 3.8) is 0 Å². The Hall–Kier alpha value is -2.20. The minimum Gasteiger partial charge on any atom is -0.398 e. The molecule has 2 amide bonds. The van der Waals surface area contributed by atoms with E-state index in [-0.39, 0.29) is 0 Å². The fraction of sp³-hybridized carbons (Fsp3) is 0. The average Bonchev–Trinajstić information content (AvgIpc) is 2.71. The van der Waals surface area contributed by atoms with Crippen LogP contribution in [0.4, 0.5) is 10.5 Å². The van der Waals surface area contributed by atoms with Gasteiger partial charge in [-0.25, -0.2) is 4.79 Å². The molecule has 2 N–H and O–H groups in total. The molecule has 0 fully saturated rings. The summed E-state index contributed by atoms with van der Waals surface area (Å²) in [5.41, 5.74) is 8.11. The summed E-state index contributed by atoms with van der Waals surface area (Å²) >= 11 is 5.85. The molecule has 0 atom stereocenters. The molecule has 0 radical (unpaired) electrons. The van der Waals surface area contributed by atoms with Gasteiger partial charge in [0.1, 0.15) is 5.36 Å². The van der Waals surface area contributed by atoms with Crippen molar-refractivity contribution in [3.05, 3.63) is 52.1 Å². The Kier molecular flexibility index (Phi) is 2.38. The first-order chi connectivity index (χ1) is 8.65. The van der Waals surface area contributed by atoms with Crippen LogP contribution in [0, 0.1) is 0 Å². The molecule has 0 aliphatic carbocycles. The number of carbonyl (C=O) groups excluding carboxylic acids is 1. The van der Waals surface area contributed by atoms with Crippen molar-refractivity contribution in [1.82, 2.24) is 0 Å². The van der Waals surface area contributed by atoms with Gasteiger partial charge in [-0.3, -0.25) is 0 Å². The molecule has 1 aliphatic heterocycles. The molecule has 1 aliphatic rings. The van der Waals surface area contributed by atoms with Crippen LogP contribution < -0.4 is 16.4 Å². The fourth-order valence-corrected chi connectivity index (χ4v) is 2.07. The van der Waals surface area contributed by atoms with Crippen molar-refractivity contribution >= 4 is 23.3 Å². The summed E-state index contributed by atoms with van der Waals surface area (Å²) in [7, 11) is 0. The van der Waals surface area contributed by atoms with Crippen LogP contribution in [0.3, 0.4) is 0 Å². The zero-order valence-electron chi connectivity index (χ0n) is 9.22. The molecule has 4 nitrogen and oxygen atoms in total. The van der Waals surface area contributed by atoms with Gasteiger partial charge in [-0.15, -0.1) is 0 Å². The van der Waals surface area contributed by atoms with Gasteiger partial charge in [0.2, 0.25) is 0 Å². The molecule has 0 spiro atoms. The second kappa shape index (κ2) is 3.92. The van der Waals surface area contributed by atoms with Crippen LogP contribution in [0.1, 0.15) is 0 Å². The van der Waals surface area contributed by atoms with Crippen molar-refractivity contribution in [2.75, 3.05) is 5.73 Å². The number of rotatable bonds is 1. The Balaban J connectivity index is 2.35. The van der Waals surface area contributed by atoms with Crippen LogP contribution in [-0.2, 0) is 0 Å². The monoisotopic (exact) mass is 257 g/mol. The second-order valence-electron chi connectivity index (χ2n) is 3.91. The summed E-state index contributed by atoms with van der Waals surface area (Å²) in [6.45, 7) is 0. The summed E-state index contributed by atoms with van der Waals surface area (Å²) in [6.07, 6.45) is 0. The van der Waals surface area contributed by atoms with E-state index in [4.69, 9.17) is 17.3 Å². The number of nitrogens with two attached hydrogens (primary N) is 1. The summed E-state index contributed by atoms with van der Waals surface area (Å²) < 4.78 is 0. The van der Waals surface area contributed by atoms with Gasteiger partial charge in [0.05, 0.1) is 5.36 Å². The highest BCUT2D eigenvalue weighted by molar-refractivity contribution is 6.30. The van der Waals surface area contributed by atoms with Gasteiger partial charge in [0, 0.05) is 16.3 Å². The number of halogens is 1. The number of anilines is 1. The molecular formula is C13H8ClN3O. The molecule has 2 aromatic rings. The van der Waals surface area contributed by atoms with E-state index in [0.29, 0.717) is 21.4 Å². The second-order valence-corrected chi connectivity index (χ2v) is 4.35. The van der Waals surface area contributed by atoms with E-state index in [2.05, 4.69) is 9.98 Å². The van der Waals surface area contributed by atoms with E-state index < -0.39 is 6.03 Å². The van der Waals surface area contributed by atoms with Gasteiger partial charge in [-0.05, 0) is 29.8 Å². The minimum absolute atomic E-state index is 0.495. The maximum absolute atomic E-state index is 11.3. The smallest absolute Gasteiger partial charge is 0.368 e. The molecule has 0 bridgehead atoms. The summed E-state index contributed by atoms with van der Waals surface area (Å²) in [4.78, 5) is 19.0. The lowest BCUT2D eigenvalue weighted by Crippen LogP contribution is -2.25. The van der Waals surface area contributed by atoms with Crippen molar-refractivity contribution in [2.45, 2.75) is 0 Å². The SMILES string of the molecule is Nc1ccc2c(c1-c1ccc(Cl)cc1)=NC(=O)N=2. The Morgan fingerprint density at radius 3 is 2.44 bits per heavy atom. The first-order valence-electron chi connectivity index (χ1n) is 5.31. The number of nitrogens with zero attached hydrogens (tertiary/aromatic N) is 2. The zero-order chi connectivity index (χ0) is 12.7. The van der Waals surface area contributed by atoms with E-state index in [1.807, 2.05) is 12.1 Å². The molecule has 18 heavy (non-hydrogen) atoms. The summed E-state index contributed by atoms with van der Waals surface area (Å²) in [5.74, 6) is 0. The average molecular weight is 258 g/mol. The van der Waals surface area contributed by atoms with Gasteiger partial charge in [0.15, 0.2) is 0 Å². The van der Waals surface area contributed by atoms with Gasteiger partial charge >= 0.3 is 6.03 Å². The molecule has 1 heterocycles. The Morgan fingerprint density at radius 2 is 1.72 bits per heavy atom. The van der Waals surface area contributed by atoms with Crippen LogP contribution in [0.2, 0.25) is 5.02 Å². The summed E-state index contributed by atoms with van der Waals surface area (Å²) in [5, 5.41) is 1.73. The third-order valence-electron chi connectivity index (χ3n) is 2.75. The molecule has 5 heteroatoms. The number of carbonyl (C=O) groups is 1. The van der Waals surface area contributed by atoms with Crippen molar-refractivity contribution in [1.29, 1.82) is 0 Å². The van der Waals surface area contributed by atoms with Crippen LogP contribution in [-0.4, -0.2) is 6.03 Å². The normalized spacial score (nSPS) is 12.8. The molecule has 0 aromatic heterocycles. The first-order valence-corrected chi connectivity index (χ1v) is 5.69. The zero-order valence-corrected chi connectivity index (χ0v) is 9.98. The Morgan fingerprint density at radius 1 is 1.00 bits per heavy atom. The maximum Gasteiger partial charge on any atom is 0.368 e. The maximum atomic E-state index is 11.3. The van der Waals surface area contributed by atoms with E-state index in [9.17, 15) is 4.79 Å². The highest BCUT2D eigenvalue weighted by atomic mass is 35.5. The number of hydrogen-bond acceptors (Lipinski definition) is 2. The molecule has 2 aromatic carbocycles. The lowest BCUT2D eigenvalue weighted by atomic mass is 10.0. The number of amides is 2. The van der Waals surface area contributed by atoms with Gasteiger partial charge < -0.3 is 5.73 Å². The van der Waals surface area contributed by atoms with Crippen LogP contribution >= 0.6 is 11.6 Å². The predicted octanol–water partition coefficient (Wildman–Crippen LogP) is 1.96. The van der Waals surface area contributed by atoms with E-state index >= 15 is 0 Å². The van der Waals surface area contributed by atoms with Crippen LogP contribution in [0.15, 0.2) is 46.4 Å². The van der Waals surface area contributed by atoms with E-state index in [1.165, 1.54) is 0 Å². The summed E-state index contributed by atoms with van der Waals surface area (Å²) in [6, 6.07) is 10.1. The third-order valence-corrected chi connectivity index (χ3v) is 3.00. The van der Waals surface area contributed by atoms with Crippen LogP contribution in [0.5, 0.6) is 0 Å². The lowest BCUT2D eigenvalue weighted by molar-refractivity contribution is 0.256. The molecular weight excluding hydrogens is 250 g/mol. The van der Waals surface area contributed by atoms with Crippen molar-refractivity contribution in [3.8, 4) is 11.1 Å². The number of urea groups is 1. The number of hydrogen-bond donors (Lipinski definition) is 1. The van der Waals surface area contributed by atoms with Gasteiger partial charge in [0.25, 0.3) is 0 Å². The highest BCUT2D eigenvalue weighted by Gasteiger charge is 2.13. The largest absolute Gasteiger partial charge is 0.398 e. The first kappa shape index (κ1) is 10.9. The Labute approximate surface area is 107 Å². The topological polar surface area (TPSA) is 67.8 Å². The van der Waals surface area contributed by atoms with Crippen LogP contribution in [0.25, 0.3) is 11.1 Å². The Bertz CT molecular complexity index is 766. The molecule has 0 unspecified atom stereocenters. The number of fused-ring (bicyclic) bond motifs is 1. The van der Waals surface area contributed by atoms with Gasteiger partial charge in [-0.2, -0.15) is 9.98 Å². The standard InChI is InChI=1S/C13H8ClN3O/c14-8-3-1-7(2-4-8)11-9(15)5-6-10-12(11)17-13(18)16-10/h1-6H,15H2. The quantitative estimate of drug-likeness (QED) is 0.794. The minimum atomic E-state index is -0.495. The van der Waals surface area contributed by atoms with E-state index in [0.717, 1.165) is 11.1 Å². The fourth-order valence-electron chi connectivity index (χ4n) is 1.94. The molecule has 0 saturated heterocycles. The lowest BCUT2D eigenvalue weighted by Gasteiger charge is -2.05. The number of nitrogen functional groups attached to an aromatic ring is 1. The number of benzene rings is 2. The van der Waals surface area contributed by atoms with Gasteiger partial charge in [-0.1, -0.05) is 23.7 Å². The molecule has 88 valence electrons. The van der Waals surface area contributed by atoms with Crippen molar-refractivity contribution in [2.24, 2.45) is 9.98 Å². The predicted molar refractivity (Wildman–Crippen MR) is 69.0 cm³/mol. The molecule has 3 rings (SSSR count). The third kappa shape index (κ3) is 1.67. The highest BCUT2D eigenvalue weighted by Crippen LogP contribution is 2.23. The van der Waals surface area contributed by atoms with Crippen molar-refractivity contribution < 1.29 is 4.79 Å². The molecule has 0 saturated carbocycles. The van der Waals surface area contributed by atoms with E-state index in [1.54, 1.807) is 24.3 Å².